The quantitative estimate of drug-likeness (QED) is 0.871. The predicted molar refractivity (Wildman–Crippen MR) is 79.0 cm³/mol. The van der Waals surface area contributed by atoms with Crippen LogP contribution in [-0.2, 0) is 5.41 Å². The summed E-state index contributed by atoms with van der Waals surface area (Å²) in [5, 5.41) is 9.21. The van der Waals surface area contributed by atoms with E-state index in [0.29, 0.717) is 5.82 Å². The fourth-order valence-corrected chi connectivity index (χ4v) is 1.60. The predicted octanol–water partition coefficient (Wildman–Crippen LogP) is 3.92. The monoisotopic (exact) mass is 273 g/mol. The maximum absolute atomic E-state index is 11.8. The van der Waals surface area contributed by atoms with E-state index in [9.17, 15) is 4.79 Å². The van der Waals surface area contributed by atoms with Crippen LogP contribution in [-0.4, -0.2) is 11.2 Å². The van der Waals surface area contributed by atoms with E-state index in [0.717, 1.165) is 17.0 Å². The fraction of sp³-hybridized carbons (Fsp3) is 0.333. The lowest BCUT2D eigenvalue weighted by molar-refractivity contribution is 0.262. The number of aromatic nitrogens is 1. The minimum atomic E-state index is -0.345. The third-order valence-electron chi connectivity index (χ3n) is 2.80. The second-order valence-corrected chi connectivity index (χ2v) is 5.77. The minimum absolute atomic E-state index is 0.139. The van der Waals surface area contributed by atoms with Crippen molar-refractivity contribution in [3.05, 3.63) is 41.7 Å². The molecule has 0 saturated heterocycles. The Hall–Kier alpha value is -2.30. The van der Waals surface area contributed by atoms with Gasteiger partial charge in [0.05, 0.1) is 0 Å². The van der Waals surface area contributed by atoms with Gasteiger partial charge in [-0.2, -0.15) is 0 Å². The molecule has 0 fully saturated rings. The van der Waals surface area contributed by atoms with Crippen LogP contribution in [0.2, 0.25) is 0 Å². The zero-order chi connectivity index (χ0) is 14.8. The molecule has 5 nitrogen and oxygen atoms in total. The van der Waals surface area contributed by atoms with Crippen molar-refractivity contribution in [1.29, 1.82) is 0 Å². The smallest absolute Gasteiger partial charge is 0.324 e. The Morgan fingerprint density at radius 1 is 1.15 bits per heavy atom. The van der Waals surface area contributed by atoms with Crippen LogP contribution >= 0.6 is 0 Å². The molecule has 2 amide bonds. The molecule has 0 aliphatic heterocycles. The van der Waals surface area contributed by atoms with Gasteiger partial charge in [-0.1, -0.05) is 43.6 Å². The maximum atomic E-state index is 11.8. The van der Waals surface area contributed by atoms with Crippen LogP contribution < -0.4 is 10.6 Å². The molecule has 0 radical (unpaired) electrons. The van der Waals surface area contributed by atoms with E-state index < -0.39 is 0 Å². The summed E-state index contributed by atoms with van der Waals surface area (Å²) in [5.74, 6) is 1.13. The Kier molecular flexibility index (Phi) is 3.79. The van der Waals surface area contributed by atoms with Gasteiger partial charge in [-0.15, -0.1) is 0 Å². The van der Waals surface area contributed by atoms with E-state index in [1.165, 1.54) is 0 Å². The summed E-state index contributed by atoms with van der Waals surface area (Å²) in [5.41, 5.74) is 1.73. The van der Waals surface area contributed by atoms with Gasteiger partial charge in [-0.3, -0.25) is 5.32 Å². The molecule has 0 atom stereocenters. The number of aryl methyl sites for hydroxylation is 1. The van der Waals surface area contributed by atoms with Crippen LogP contribution in [0.5, 0.6) is 0 Å². The molecule has 0 bridgehead atoms. The van der Waals surface area contributed by atoms with Gasteiger partial charge in [-0.25, -0.2) is 4.79 Å². The van der Waals surface area contributed by atoms with Gasteiger partial charge in [0.25, 0.3) is 0 Å². The first kappa shape index (κ1) is 14.1. The molecule has 1 aromatic carbocycles. The number of hydrogen-bond donors (Lipinski definition) is 2. The summed E-state index contributed by atoms with van der Waals surface area (Å²) < 4.78 is 5.20. The van der Waals surface area contributed by atoms with Crippen molar-refractivity contribution in [2.45, 2.75) is 33.1 Å². The Bertz CT molecular complexity index is 594. The van der Waals surface area contributed by atoms with Crippen molar-refractivity contribution in [2.24, 2.45) is 0 Å². The molecule has 0 saturated carbocycles. The second kappa shape index (κ2) is 5.36. The molecule has 20 heavy (non-hydrogen) atoms. The number of rotatable bonds is 2. The fourth-order valence-electron chi connectivity index (χ4n) is 1.60. The summed E-state index contributed by atoms with van der Waals surface area (Å²) >= 11 is 0. The molecule has 2 N–H and O–H groups in total. The van der Waals surface area contributed by atoms with Gasteiger partial charge in [0, 0.05) is 17.2 Å². The van der Waals surface area contributed by atoms with Gasteiger partial charge >= 0.3 is 6.03 Å². The van der Waals surface area contributed by atoms with Crippen LogP contribution in [0.1, 0.15) is 32.1 Å². The molecule has 2 aromatic rings. The van der Waals surface area contributed by atoms with E-state index in [-0.39, 0.29) is 11.4 Å². The van der Waals surface area contributed by atoms with Gasteiger partial charge in [-0.05, 0) is 19.1 Å². The highest BCUT2D eigenvalue weighted by molar-refractivity contribution is 5.99. The molecule has 0 unspecified atom stereocenters. The number of hydrogen-bond acceptors (Lipinski definition) is 3. The minimum Gasteiger partial charge on any atom is -0.359 e. The molecule has 2 rings (SSSR count). The number of nitrogens with zero attached hydrogens (tertiary/aromatic N) is 1. The standard InChI is InChI=1S/C15H19N3O2/c1-10-5-7-11(8-6-10)16-14(19)17-13-9-12(20-18-13)15(2,3)4/h5-9H,1-4H3,(H2,16,17,18,19). The summed E-state index contributed by atoms with van der Waals surface area (Å²) in [6.07, 6.45) is 0. The van der Waals surface area contributed by atoms with E-state index in [1.54, 1.807) is 6.07 Å². The number of carbonyl (C=O) groups excluding carboxylic acids is 1. The molecule has 0 aliphatic carbocycles. The average molecular weight is 273 g/mol. The average Bonchev–Trinajstić information content (AvgIpc) is 2.80. The van der Waals surface area contributed by atoms with Crippen LogP contribution in [0.3, 0.4) is 0 Å². The Balaban J connectivity index is 1.98. The normalized spacial score (nSPS) is 11.2. The first-order valence-corrected chi connectivity index (χ1v) is 6.46. The van der Waals surface area contributed by atoms with Crippen molar-refractivity contribution in [1.82, 2.24) is 5.16 Å². The van der Waals surface area contributed by atoms with Crippen LogP contribution in [0.25, 0.3) is 0 Å². The number of amides is 2. The van der Waals surface area contributed by atoms with E-state index in [4.69, 9.17) is 4.52 Å². The molecule has 106 valence electrons. The van der Waals surface area contributed by atoms with Gasteiger partial charge in [0.15, 0.2) is 5.82 Å². The lowest BCUT2D eigenvalue weighted by Crippen LogP contribution is -2.19. The van der Waals surface area contributed by atoms with E-state index in [2.05, 4.69) is 15.8 Å². The topological polar surface area (TPSA) is 67.2 Å². The van der Waals surface area contributed by atoms with E-state index >= 15 is 0 Å². The Morgan fingerprint density at radius 3 is 2.35 bits per heavy atom. The lowest BCUT2D eigenvalue weighted by atomic mass is 9.93. The number of carbonyl (C=O) groups is 1. The Labute approximate surface area is 118 Å². The van der Waals surface area contributed by atoms with Gasteiger partial charge < -0.3 is 9.84 Å². The van der Waals surface area contributed by atoms with Gasteiger partial charge in [0.1, 0.15) is 5.76 Å². The largest absolute Gasteiger partial charge is 0.359 e. The molecule has 5 heteroatoms. The zero-order valence-corrected chi connectivity index (χ0v) is 12.2. The molecule has 0 spiro atoms. The van der Waals surface area contributed by atoms with E-state index in [1.807, 2.05) is 52.0 Å². The highest BCUT2D eigenvalue weighted by Gasteiger charge is 2.20. The van der Waals surface area contributed by atoms with Crippen molar-refractivity contribution in [3.8, 4) is 0 Å². The van der Waals surface area contributed by atoms with Crippen LogP contribution in [0.15, 0.2) is 34.9 Å². The highest BCUT2D eigenvalue weighted by Crippen LogP contribution is 2.24. The molecule has 1 aromatic heterocycles. The molecular formula is C15H19N3O2. The van der Waals surface area contributed by atoms with Crippen molar-refractivity contribution in [2.75, 3.05) is 10.6 Å². The summed E-state index contributed by atoms with van der Waals surface area (Å²) in [4.78, 5) is 11.8. The molecule has 1 heterocycles. The highest BCUT2D eigenvalue weighted by atomic mass is 16.5. The van der Waals surface area contributed by atoms with Gasteiger partial charge in [0.2, 0.25) is 0 Å². The second-order valence-electron chi connectivity index (χ2n) is 5.77. The summed E-state index contributed by atoms with van der Waals surface area (Å²) in [7, 11) is 0. The molecule has 0 aliphatic rings. The Morgan fingerprint density at radius 2 is 1.80 bits per heavy atom. The lowest BCUT2D eigenvalue weighted by Gasteiger charge is -2.12. The van der Waals surface area contributed by atoms with Crippen molar-refractivity contribution < 1.29 is 9.32 Å². The number of benzene rings is 1. The summed E-state index contributed by atoms with van der Waals surface area (Å²) in [6.45, 7) is 8.05. The third-order valence-corrected chi connectivity index (χ3v) is 2.80. The van der Waals surface area contributed by atoms with Crippen molar-refractivity contribution >= 4 is 17.5 Å². The van der Waals surface area contributed by atoms with Crippen LogP contribution in [0.4, 0.5) is 16.3 Å². The number of urea groups is 1. The van der Waals surface area contributed by atoms with Crippen LogP contribution in [0, 0.1) is 6.92 Å². The first-order valence-electron chi connectivity index (χ1n) is 6.46. The third kappa shape index (κ3) is 3.60. The first-order chi connectivity index (χ1) is 9.34. The summed E-state index contributed by atoms with van der Waals surface area (Å²) in [6, 6.07) is 8.95. The maximum Gasteiger partial charge on any atom is 0.324 e. The SMILES string of the molecule is Cc1ccc(NC(=O)Nc2cc(C(C)(C)C)on2)cc1. The number of nitrogens with one attached hydrogen (secondary N) is 2. The van der Waals surface area contributed by atoms with Crippen molar-refractivity contribution in [3.63, 3.8) is 0 Å². The molecular weight excluding hydrogens is 254 g/mol. The number of anilines is 2. The zero-order valence-electron chi connectivity index (χ0n) is 12.2.